The minimum atomic E-state index is 0.0160. The van der Waals surface area contributed by atoms with Crippen LogP contribution in [0.15, 0.2) is 30.6 Å². The molecular weight excluding hydrogens is 394 g/mol. The van der Waals surface area contributed by atoms with Crippen LogP contribution in [-0.2, 0) is 4.79 Å². The van der Waals surface area contributed by atoms with Gasteiger partial charge in [0.2, 0.25) is 5.91 Å². The lowest BCUT2D eigenvalue weighted by Gasteiger charge is -2.33. The summed E-state index contributed by atoms with van der Waals surface area (Å²) in [6, 6.07) is 8.01. The Morgan fingerprint density at radius 2 is 1.97 bits per heavy atom. The third kappa shape index (κ3) is 5.77. The standard InChI is InChI=1S/C23H31N5O3/c1-30-19-9-8-18(12-20(19)31-2)27-23(29)10-5-16-4-3-11-28(14-16)22-13-21(24-15-25-22)26-17-6-7-17/h8-9,12-13,15-17H,3-7,10-11,14H2,1-2H3,(H,27,29)(H,24,25,26)/t16-/m1/s1. The fourth-order valence-corrected chi connectivity index (χ4v) is 4.02. The normalized spacial score (nSPS) is 18.4. The van der Waals surface area contributed by atoms with Crippen molar-refractivity contribution in [3.8, 4) is 11.5 Å². The van der Waals surface area contributed by atoms with Crippen LogP contribution in [0.1, 0.15) is 38.5 Å². The van der Waals surface area contributed by atoms with Crippen LogP contribution in [0.2, 0.25) is 0 Å². The third-order valence-corrected chi connectivity index (χ3v) is 5.87. The SMILES string of the molecule is COc1ccc(NC(=O)CC[C@H]2CCCN(c3cc(NC4CC4)ncn3)C2)cc1OC. The van der Waals surface area contributed by atoms with Crippen LogP contribution in [0.5, 0.6) is 11.5 Å². The molecule has 2 N–H and O–H groups in total. The number of piperidine rings is 1. The maximum Gasteiger partial charge on any atom is 0.224 e. The van der Waals surface area contributed by atoms with Gasteiger partial charge in [-0.3, -0.25) is 4.79 Å². The van der Waals surface area contributed by atoms with E-state index in [1.54, 1.807) is 32.7 Å². The largest absolute Gasteiger partial charge is 0.493 e. The molecule has 31 heavy (non-hydrogen) atoms. The summed E-state index contributed by atoms with van der Waals surface area (Å²) in [6.45, 7) is 1.91. The summed E-state index contributed by atoms with van der Waals surface area (Å²) in [6.07, 6.45) is 7.67. The molecule has 166 valence electrons. The number of anilines is 3. The Labute approximate surface area is 183 Å². The average molecular weight is 426 g/mol. The molecule has 1 saturated heterocycles. The lowest BCUT2D eigenvalue weighted by Crippen LogP contribution is -2.36. The van der Waals surface area contributed by atoms with Crippen molar-refractivity contribution >= 4 is 23.2 Å². The summed E-state index contributed by atoms with van der Waals surface area (Å²) in [7, 11) is 3.18. The fourth-order valence-electron chi connectivity index (χ4n) is 4.02. The van der Waals surface area contributed by atoms with E-state index in [2.05, 4.69) is 25.5 Å². The van der Waals surface area contributed by atoms with Crippen molar-refractivity contribution in [1.82, 2.24) is 9.97 Å². The average Bonchev–Trinajstić information content (AvgIpc) is 3.62. The molecule has 1 aliphatic heterocycles. The Kier molecular flexibility index (Phi) is 6.74. The Hall–Kier alpha value is -3.03. The lowest BCUT2D eigenvalue weighted by atomic mass is 9.93. The van der Waals surface area contributed by atoms with E-state index in [0.29, 0.717) is 35.6 Å². The van der Waals surface area contributed by atoms with E-state index in [9.17, 15) is 4.79 Å². The van der Waals surface area contributed by atoms with Crippen molar-refractivity contribution in [2.45, 2.75) is 44.6 Å². The number of aromatic nitrogens is 2. The molecule has 1 aromatic carbocycles. The molecule has 1 amide bonds. The smallest absolute Gasteiger partial charge is 0.224 e. The topological polar surface area (TPSA) is 88.6 Å². The monoisotopic (exact) mass is 425 g/mol. The van der Waals surface area contributed by atoms with E-state index in [0.717, 1.165) is 44.0 Å². The zero-order valence-corrected chi connectivity index (χ0v) is 18.3. The predicted molar refractivity (Wildman–Crippen MR) is 121 cm³/mol. The van der Waals surface area contributed by atoms with Crippen LogP contribution in [0.25, 0.3) is 0 Å². The minimum absolute atomic E-state index is 0.0160. The molecule has 1 aliphatic carbocycles. The number of carbonyl (C=O) groups is 1. The molecule has 2 aromatic rings. The maximum atomic E-state index is 12.5. The van der Waals surface area contributed by atoms with Crippen molar-refractivity contribution < 1.29 is 14.3 Å². The second-order valence-corrected chi connectivity index (χ2v) is 8.29. The number of amides is 1. The summed E-state index contributed by atoms with van der Waals surface area (Å²) in [5.41, 5.74) is 0.713. The fraction of sp³-hybridized carbons (Fsp3) is 0.522. The highest BCUT2D eigenvalue weighted by Gasteiger charge is 2.24. The first-order valence-electron chi connectivity index (χ1n) is 11.0. The van der Waals surface area contributed by atoms with Crippen molar-refractivity contribution in [3.63, 3.8) is 0 Å². The quantitative estimate of drug-likeness (QED) is 0.633. The van der Waals surface area contributed by atoms with Crippen molar-refractivity contribution in [2.75, 3.05) is 42.8 Å². The summed E-state index contributed by atoms with van der Waals surface area (Å²) in [5.74, 6) is 3.61. The van der Waals surface area contributed by atoms with E-state index >= 15 is 0 Å². The van der Waals surface area contributed by atoms with Gasteiger partial charge in [-0.15, -0.1) is 0 Å². The van der Waals surface area contributed by atoms with Gasteiger partial charge in [-0.2, -0.15) is 0 Å². The highest BCUT2D eigenvalue weighted by molar-refractivity contribution is 5.91. The predicted octanol–water partition coefficient (Wildman–Crippen LogP) is 3.70. The van der Waals surface area contributed by atoms with Crippen LogP contribution >= 0.6 is 0 Å². The van der Waals surface area contributed by atoms with Crippen LogP contribution < -0.4 is 25.0 Å². The number of hydrogen-bond donors (Lipinski definition) is 2. The number of hydrogen-bond acceptors (Lipinski definition) is 7. The highest BCUT2D eigenvalue weighted by Crippen LogP contribution is 2.30. The molecule has 1 atom stereocenters. The molecule has 0 radical (unpaired) electrons. The highest BCUT2D eigenvalue weighted by atomic mass is 16.5. The number of nitrogens with one attached hydrogen (secondary N) is 2. The Balaban J connectivity index is 1.28. The van der Waals surface area contributed by atoms with Gasteiger partial charge >= 0.3 is 0 Å². The second-order valence-electron chi connectivity index (χ2n) is 8.29. The zero-order valence-electron chi connectivity index (χ0n) is 18.3. The minimum Gasteiger partial charge on any atom is -0.493 e. The zero-order chi connectivity index (χ0) is 21.6. The molecule has 0 unspecified atom stereocenters. The second kappa shape index (κ2) is 9.85. The Bertz CT molecular complexity index is 903. The first-order valence-corrected chi connectivity index (χ1v) is 11.0. The molecule has 2 heterocycles. The number of rotatable bonds is 9. The molecule has 0 bridgehead atoms. The van der Waals surface area contributed by atoms with Crippen LogP contribution in [0, 0.1) is 5.92 Å². The van der Waals surface area contributed by atoms with E-state index in [1.807, 2.05) is 12.1 Å². The first-order chi connectivity index (χ1) is 15.1. The van der Waals surface area contributed by atoms with Crippen LogP contribution in [0.4, 0.5) is 17.3 Å². The van der Waals surface area contributed by atoms with Gasteiger partial charge in [0.25, 0.3) is 0 Å². The number of methoxy groups -OCH3 is 2. The van der Waals surface area contributed by atoms with Gasteiger partial charge in [0, 0.05) is 43.4 Å². The van der Waals surface area contributed by atoms with Crippen LogP contribution in [-0.4, -0.2) is 49.2 Å². The van der Waals surface area contributed by atoms with E-state index < -0.39 is 0 Å². The molecule has 8 heteroatoms. The van der Waals surface area contributed by atoms with Gasteiger partial charge < -0.3 is 25.0 Å². The number of benzene rings is 1. The van der Waals surface area contributed by atoms with Gasteiger partial charge in [0.05, 0.1) is 14.2 Å². The molecule has 2 fully saturated rings. The van der Waals surface area contributed by atoms with Crippen molar-refractivity contribution in [2.24, 2.45) is 5.92 Å². The van der Waals surface area contributed by atoms with Gasteiger partial charge in [-0.25, -0.2) is 9.97 Å². The Morgan fingerprint density at radius 1 is 1.13 bits per heavy atom. The summed E-state index contributed by atoms with van der Waals surface area (Å²) >= 11 is 0. The first kappa shape index (κ1) is 21.2. The molecule has 4 rings (SSSR count). The lowest BCUT2D eigenvalue weighted by molar-refractivity contribution is -0.116. The molecule has 2 aliphatic rings. The number of nitrogens with zero attached hydrogens (tertiary/aromatic N) is 3. The van der Waals surface area contributed by atoms with E-state index in [-0.39, 0.29) is 5.91 Å². The van der Waals surface area contributed by atoms with Crippen molar-refractivity contribution in [1.29, 1.82) is 0 Å². The molecule has 1 saturated carbocycles. The maximum absolute atomic E-state index is 12.5. The molecule has 1 aromatic heterocycles. The van der Waals surface area contributed by atoms with E-state index in [4.69, 9.17) is 9.47 Å². The molecule has 8 nitrogen and oxygen atoms in total. The molecule has 0 spiro atoms. The number of carbonyl (C=O) groups excluding carboxylic acids is 1. The number of ether oxygens (including phenoxy) is 2. The van der Waals surface area contributed by atoms with Crippen molar-refractivity contribution in [3.05, 3.63) is 30.6 Å². The summed E-state index contributed by atoms with van der Waals surface area (Å²) in [5, 5.41) is 6.40. The van der Waals surface area contributed by atoms with E-state index in [1.165, 1.54) is 12.8 Å². The molecular formula is C23H31N5O3. The van der Waals surface area contributed by atoms with Crippen LogP contribution in [0.3, 0.4) is 0 Å². The summed E-state index contributed by atoms with van der Waals surface area (Å²) in [4.78, 5) is 23.6. The van der Waals surface area contributed by atoms with Gasteiger partial charge in [-0.05, 0) is 50.2 Å². The third-order valence-electron chi connectivity index (χ3n) is 5.87. The van der Waals surface area contributed by atoms with Gasteiger partial charge in [0.1, 0.15) is 18.0 Å². The Morgan fingerprint density at radius 3 is 2.74 bits per heavy atom. The summed E-state index contributed by atoms with van der Waals surface area (Å²) < 4.78 is 10.5. The van der Waals surface area contributed by atoms with Gasteiger partial charge in [-0.1, -0.05) is 0 Å². The van der Waals surface area contributed by atoms with Gasteiger partial charge in [0.15, 0.2) is 11.5 Å².